The lowest BCUT2D eigenvalue weighted by Crippen LogP contribution is -2.46. The van der Waals surface area contributed by atoms with Crippen LogP contribution in [0.25, 0.3) is 0 Å². The van der Waals surface area contributed by atoms with Gasteiger partial charge in [-0.15, -0.1) is 6.58 Å². The standard InChI is InChI=1S/C22H27NO4/c1-2-13-23-20-21(26-15-18-11-7-4-8-12-18)19(27-22(20)24)16-25-14-17-9-5-3-6-10-17/h2-12,19-24H,1,13-16H2/t19-,20-,21-,22+/m1/s1. The van der Waals surface area contributed by atoms with Gasteiger partial charge in [0.1, 0.15) is 12.2 Å². The van der Waals surface area contributed by atoms with Gasteiger partial charge in [0.25, 0.3) is 0 Å². The highest BCUT2D eigenvalue weighted by atomic mass is 16.7. The van der Waals surface area contributed by atoms with Crippen LogP contribution in [0.3, 0.4) is 0 Å². The van der Waals surface area contributed by atoms with Gasteiger partial charge in [0.15, 0.2) is 6.29 Å². The summed E-state index contributed by atoms with van der Waals surface area (Å²) in [5.74, 6) is 0. The van der Waals surface area contributed by atoms with Crippen LogP contribution in [0.4, 0.5) is 0 Å². The van der Waals surface area contributed by atoms with Crippen molar-refractivity contribution >= 4 is 0 Å². The summed E-state index contributed by atoms with van der Waals surface area (Å²) in [5.41, 5.74) is 2.17. The Balaban J connectivity index is 1.59. The number of aliphatic hydroxyl groups excluding tert-OH is 1. The zero-order valence-electron chi connectivity index (χ0n) is 15.4. The van der Waals surface area contributed by atoms with Crippen molar-refractivity contribution in [2.75, 3.05) is 13.2 Å². The first-order valence-electron chi connectivity index (χ1n) is 9.23. The Bertz CT molecular complexity index is 679. The van der Waals surface area contributed by atoms with Crippen LogP contribution in [0.2, 0.25) is 0 Å². The van der Waals surface area contributed by atoms with Crippen molar-refractivity contribution in [2.45, 2.75) is 37.8 Å². The fourth-order valence-corrected chi connectivity index (χ4v) is 3.15. The van der Waals surface area contributed by atoms with E-state index in [4.69, 9.17) is 14.2 Å². The molecule has 2 aromatic carbocycles. The molecule has 5 nitrogen and oxygen atoms in total. The van der Waals surface area contributed by atoms with Gasteiger partial charge in [0, 0.05) is 6.54 Å². The minimum Gasteiger partial charge on any atom is -0.374 e. The molecule has 5 heteroatoms. The van der Waals surface area contributed by atoms with E-state index in [9.17, 15) is 5.11 Å². The maximum Gasteiger partial charge on any atom is 0.173 e. The predicted octanol–water partition coefficient (Wildman–Crippen LogP) is 2.65. The average molecular weight is 369 g/mol. The van der Waals surface area contributed by atoms with Crippen molar-refractivity contribution in [3.05, 3.63) is 84.4 Å². The second-order valence-electron chi connectivity index (χ2n) is 6.55. The summed E-state index contributed by atoms with van der Waals surface area (Å²) >= 11 is 0. The Kier molecular flexibility index (Phi) is 7.56. The third-order valence-electron chi connectivity index (χ3n) is 4.52. The number of benzene rings is 2. The highest BCUT2D eigenvalue weighted by molar-refractivity contribution is 5.14. The average Bonchev–Trinajstić information content (AvgIpc) is 3.00. The van der Waals surface area contributed by atoms with Gasteiger partial charge in [-0.1, -0.05) is 66.7 Å². The molecule has 4 atom stereocenters. The van der Waals surface area contributed by atoms with E-state index in [1.165, 1.54) is 0 Å². The van der Waals surface area contributed by atoms with Crippen LogP contribution >= 0.6 is 0 Å². The second-order valence-corrected chi connectivity index (χ2v) is 6.55. The Morgan fingerprint density at radius 2 is 1.63 bits per heavy atom. The van der Waals surface area contributed by atoms with E-state index in [1.54, 1.807) is 6.08 Å². The van der Waals surface area contributed by atoms with Gasteiger partial charge in [-0.3, -0.25) is 0 Å². The summed E-state index contributed by atoms with van der Waals surface area (Å²) in [5, 5.41) is 13.5. The van der Waals surface area contributed by atoms with Gasteiger partial charge in [-0.2, -0.15) is 0 Å². The van der Waals surface area contributed by atoms with Gasteiger partial charge < -0.3 is 24.6 Å². The second kappa shape index (κ2) is 10.3. The number of hydrogen-bond acceptors (Lipinski definition) is 5. The summed E-state index contributed by atoms with van der Waals surface area (Å²) in [4.78, 5) is 0. The molecule has 1 saturated heterocycles. The van der Waals surface area contributed by atoms with E-state index in [-0.39, 0.29) is 18.2 Å². The number of aliphatic hydroxyl groups is 1. The van der Waals surface area contributed by atoms with Crippen LogP contribution in [0.15, 0.2) is 73.3 Å². The lowest BCUT2D eigenvalue weighted by atomic mass is 10.1. The number of rotatable bonds is 10. The molecule has 1 fully saturated rings. The number of ether oxygens (including phenoxy) is 3. The number of hydrogen-bond donors (Lipinski definition) is 2. The van der Waals surface area contributed by atoms with Gasteiger partial charge in [0.2, 0.25) is 0 Å². The fourth-order valence-electron chi connectivity index (χ4n) is 3.15. The SMILES string of the molecule is C=CCN[C@@H]1[C@H](OCc2ccccc2)[C@@H](COCc2ccccc2)O[C@@H]1O. The molecule has 0 aliphatic carbocycles. The first kappa shape index (κ1) is 19.7. The normalized spacial score (nSPS) is 24.8. The molecule has 27 heavy (non-hydrogen) atoms. The van der Waals surface area contributed by atoms with Crippen LogP contribution in [-0.4, -0.2) is 42.8 Å². The van der Waals surface area contributed by atoms with Crippen molar-refractivity contribution in [3.63, 3.8) is 0 Å². The first-order chi connectivity index (χ1) is 13.3. The first-order valence-corrected chi connectivity index (χ1v) is 9.23. The van der Waals surface area contributed by atoms with Crippen LogP contribution in [-0.2, 0) is 27.4 Å². The molecule has 3 rings (SSSR count). The lowest BCUT2D eigenvalue weighted by Gasteiger charge is -2.24. The summed E-state index contributed by atoms with van der Waals surface area (Å²) in [6.45, 7) is 5.57. The van der Waals surface area contributed by atoms with Crippen LogP contribution in [0.1, 0.15) is 11.1 Å². The van der Waals surface area contributed by atoms with E-state index in [0.29, 0.717) is 26.4 Å². The Labute approximate surface area is 160 Å². The monoisotopic (exact) mass is 369 g/mol. The smallest absolute Gasteiger partial charge is 0.173 e. The maximum absolute atomic E-state index is 10.3. The Morgan fingerprint density at radius 3 is 2.26 bits per heavy atom. The summed E-state index contributed by atoms with van der Waals surface area (Å²) in [6, 6.07) is 19.6. The van der Waals surface area contributed by atoms with Crippen molar-refractivity contribution in [1.82, 2.24) is 5.32 Å². The Hall–Kier alpha value is -2.02. The van der Waals surface area contributed by atoms with E-state index in [1.807, 2.05) is 60.7 Å². The fraction of sp³-hybridized carbons (Fsp3) is 0.364. The van der Waals surface area contributed by atoms with Crippen molar-refractivity contribution < 1.29 is 19.3 Å². The summed E-state index contributed by atoms with van der Waals surface area (Å²) < 4.78 is 17.7. The molecular weight excluding hydrogens is 342 g/mol. The zero-order valence-corrected chi connectivity index (χ0v) is 15.4. The zero-order chi connectivity index (χ0) is 18.9. The molecule has 144 valence electrons. The third-order valence-corrected chi connectivity index (χ3v) is 4.52. The topological polar surface area (TPSA) is 60.0 Å². The van der Waals surface area contributed by atoms with Gasteiger partial charge in [0.05, 0.1) is 25.9 Å². The van der Waals surface area contributed by atoms with Crippen LogP contribution in [0.5, 0.6) is 0 Å². The van der Waals surface area contributed by atoms with Crippen molar-refractivity contribution in [2.24, 2.45) is 0 Å². The van der Waals surface area contributed by atoms with Gasteiger partial charge in [-0.05, 0) is 11.1 Å². The molecule has 0 aromatic heterocycles. The van der Waals surface area contributed by atoms with Crippen molar-refractivity contribution in [1.29, 1.82) is 0 Å². The van der Waals surface area contributed by atoms with E-state index < -0.39 is 6.29 Å². The molecule has 1 aliphatic rings. The highest BCUT2D eigenvalue weighted by Gasteiger charge is 2.44. The van der Waals surface area contributed by atoms with E-state index in [0.717, 1.165) is 11.1 Å². The lowest BCUT2D eigenvalue weighted by molar-refractivity contribution is -0.124. The van der Waals surface area contributed by atoms with Gasteiger partial charge >= 0.3 is 0 Å². The van der Waals surface area contributed by atoms with E-state index in [2.05, 4.69) is 11.9 Å². The molecule has 0 saturated carbocycles. The summed E-state index contributed by atoms with van der Waals surface area (Å²) in [7, 11) is 0. The third kappa shape index (κ3) is 5.73. The molecule has 2 N–H and O–H groups in total. The molecule has 0 unspecified atom stereocenters. The van der Waals surface area contributed by atoms with Crippen LogP contribution in [0, 0.1) is 0 Å². The molecule has 0 amide bonds. The highest BCUT2D eigenvalue weighted by Crippen LogP contribution is 2.24. The molecule has 0 bridgehead atoms. The van der Waals surface area contributed by atoms with E-state index >= 15 is 0 Å². The predicted molar refractivity (Wildman–Crippen MR) is 104 cm³/mol. The minimum absolute atomic E-state index is 0.323. The van der Waals surface area contributed by atoms with Crippen LogP contribution < -0.4 is 5.32 Å². The molecular formula is C22H27NO4. The molecule has 2 aromatic rings. The molecule has 0 radical (unpaired) electrons. The van der Waals surface area contributed by atoms with Gasteiger partial charge in [-0.25, -0.2) is 0 Å². The quantitative estimate of drug-likeness (QED) is 0.631. The summed E-state index contributed by atoms with van der Waals surface area (Å²) in [6.07, 6.45) is 0.127. The molecule has 1 aliphatic heterocycles. The molecule has 0 spiro atoms. The number of nitrogens with one attached hydrogen (secondary N) is 1. The minimum atomic E-state index is -0.948. The maximum atomic E-state index is 10.3. The molecule has 1 heterocycles. The van der Waals surface area contributed by atoms with Crippen molar-refractivity contribution in [3.8, 4) is 0 Å². The largest absolute Gasteiger partial charge is 0.374 e. The Morgan fingerprint density at radius 1 is 1.00 bits per heavy atom.